The number of carbonyl (C=O) groups excluding carboxylic acids is 2. The highest BCUT2D eigenvalue weighted by atomic mass is 32.2. The molecule has 2 amide bonds. The predicted octanol–water partition coefficient (Wildman–Crippen LogP) is 4.01. The van der Waals surface area contributed by atoms with E-state index in [0.717, 1.165) is 16.8 Å². The summed E-state index contributed by atoms with van der Waals surface area (Å²) in [6.07, 6.45) is 0.605. The van der Waals surface area contributed by atoms with Gasteiger partial charge in [-0.05, 0) is 55.7 Å². The Morgan fingerprint density at radius 1 is 1.12 bits per heavy atom. The molecule has 0 saturated carbocycles. The van der Waals surface area contributed by atoms with Gasteiger partial charge in [0, 0.05) is 12.7 Å². The first-order valence-electron chi connectivity index (χ1n) is 10.2. The van der Waals surface area contributed by atoms with Crippen molar-refractivity contribution >= 4 is 29.3 Å². The summed E-state index contributed by atoms with van der Waals surface area (Å²) >= 11 is 1.31. The number of thioether (sulfide) groups is 1. The number of hydrogen-bond acceptors (Lipinski definition) is 5. The highest BCUT2D eigenvalue weighted by Gasteiger charge is 2.22. The lowest BCUT2D eigenvalue weighted by atomic mass is 10.1. The molecule has 3 rings (SSSR count). The maximum Gasteiger partial charge on any atom is 0.254 e. The molecule has 0 aliphatic carbocycles. The largest absolute Gasteiger partial charge is 0.345 e. The van der Waals surface area contributed by atoms with E-state index in [-0.39, 0.29) is 23.3 Å². The van der Waals surface area contributed by atoms with Crippen LogP contribution in [0.25, 0.3) is 0 Å². The van der Waals surface area contributed by atoms with Gasteiger partial charge in [0.15, 0.2) is 11.0 Å². The molecule has 0 saturated heterocycles. The summed E-state index contributed by atoms with van der Waals surface area (Å²) in [5.41, 5.74) is 2.90. The number of amides is 2. The van der Waals surface area contributed by atoms with Crippen LogP contribution in [0.4, 0.5) is 10.1 Å². The summed E-state index contributed by atoms with van der Waals surface area (Å²) in [4.78, 5) is 25.0. The second-order valence-corrected chi connectivity index (χ2v) is 8.67. The molecule has 0 spiro atoms. The summed E-state index contributed by atoms with van der Waals surface area (Å²) in [7, 11) is 1.77. The molecule has 1 heterocycles. The fraction of sp³-hybridized carbons (Fsp3) is 0.304. The molecule has 168 valence electrons. The number of carbonyl (C=O) groups is 2. The minimum atomic E-state index is -0.584. The van der Waals surface area contributed by atoms with Crippen molar-refractivity contribution in [3.05, 3.63) is 70.8 Å². The number of nitrogens with zero attached hydrogens (tertiary/aromatic N) is 3. The van der Waals surface area contributed by atoms with Gasteiger partial charge >= 0.3 is 0 Å². The van der Waals surface area contributed by atoms with Crippen molar-refractivity contribution < 1.29 is 14.0 Å². The van der Waals surface area contributed by atoms with Gasteiger partial charge in [0.2, 0.25) is 5.91 Å². The lowest BCUT2D eigenvalue weighted by Gasteiger charge is -2.15. The minimum absolute atomic E-state index is 0.0293. The van der Waals surface area contributed by atoms with Crippen LogP contribution in [0, 0.1) is 19.7 Å². The Balaban J connectivity index is 1.63. The first-order valence-corrected chi connectivity index (χ1v) is 11.1. The zero-order valence-electron chi connectivity index (χ0n) is 18.5. The van der Waals surface area contributed by atoms with Gasteiger partial charge in [-0.15, -0.1) is 10.2 Å². The SMILES string of the molecule is CC[C@@H](Sc1nnc(CNC(=O)c2ccccc2F)n1C)C(=O)Nc1cc(C)cc(C)c1. The lowest BCUT2D eigenvalue weighted by molar-refractivity contribution is -0.115. The number of hydrogen-bond donors (Lipinski definition) is 2. The Morgan fingerprint density at radius 2 is 1.81 bits per heavy atom. The monoisotopic (exact) mass is 455 g/mol. The second-order valence-electron chi connectivity index (χ2n) is 7.50. The molecule has 1 atom stereocenters. The third-order valence-corrected chi connectivity index (χ3v) is 6.25. The molecule has 0 fully saturated rings. The molecule has 0 bridgehead atoms. The molecule has 7 nitrogen and oxygen atoms in total. The topological polar surface area (TPSA) is 88.9 Å². The van der Waals surface area contributed by atoms with Crippen molar-refractivity contribution in [1.29, 1.82) is 0 Å². The van der Waals surface area contributed by atoms with E-state index >= 15 is 0 Å². The van der Waals surface area contributed by atoms with Gasteiger partial charge in [-0.1, -0.05) is 36.9 Å². The van der Waals surface area contributed by atoms with Crippen LogP contribution in [0.1, 0.15) is 40.7 Å². The third-order valence-electron chi connectivity index (χ3n) is 4.85. The molecule has 0 aliphatic rings. The molecule has 0 unspecified atom stereocenters. The number of aromatic nitrogens is 3. The zero-order chi connectivity index (χ0) is 23.3. The van der Waals surface area contributed by atoms with Crippen molar-refractivity contribution in [1.82, 2.24) is 20.1 Å². The van der Waals surface area contributed by atoms with E-state index in [1.165, 1.54) is 30.0 Å². The van der Waals surface area contributed by atoms with E-state index in [0.29, 0.717) is 17.4 Å². The van der Waals surface area contributed by atoms with Gasteiger partial charge in [0.1, 0.15) is 5.82 Å². The highest BCUT2D eigenvalue weighted by Crippen LogP contribution is 2.25. The van der Waals surface area contributed by atoms with Crippen molar-refractivity contribution in [3.8, 4) is 0 Å². The van der Waals surface area contributed by atoms with E-state index in [1.54, 1.807) is 17.7 Å². The highest BCUT2D eigenvalue weighted by molar-refractivity contribution is 8.00. The summed E-state index contributed by atoms with van der Waals surface area (Å²) < 4.78 is 15.5. The lowest BCUT2D eigenvalue weighted by Crippen LogP contribution is -2.26. The second kappa shape index (κ2) is 10.4. The van der Waals surface area contributed by atoms with Crippen LogP contribution in [-0.4, -0.2) is 31.8 Å². The minimum Gasteiger partial charge on any atom is -0.345 e. The van der Waals surface area contributed by atoms with Gasteiger partial charge in [-0.3, -0.25) is 9.59 Å². The van der Waals surface area contributed by atoms with Crippen LogP contribution >= 0.6 is 11.8 Å². The van der Waals surface area contributed by atoms with Gasteiger partial charge in [-0.2, -0.15) is 0 Å². The van der Waals surface area contributed by atoms with Gasteiger partial charge in [-0.25, -0.2) is 4.39 Å². The van der Waals surface area contributed by atoms with Crippen molar-refractivity contribution in [2.24, 2.45) is 7.05 Å². The first-order chi connectivity index (χ1) is 15.3. The summed E-state index contributed by atoms with van der Waals surface area (Å²) in [6.45, 7) is 5.99. The van der Waals surface area contributed by atoms with E-state index < -0.39 is 11.7 Å². The number of benzene rings is 2. The van der Waals surface area contributed by atoms with Crippen molar-refractivity contribution in [3.63, 3.8) is 0 Å². The molecule has 2 aromatic carbocycles. The van der Waals surface area contributed by atoms with E-state index in [9.17, 15) is 14.0 Å². The number of rotatable bonds is 8. The van der Waals surface area contributed by atoms with Crippen LogP contribution in [-0.2, 0) is 18.4 Å². The molecule has 9 heteroatoms. The van der Waals surface area contributed by atoms with Crippen LogP contribution in [0.15, 0.2) is 47.6 Å². The standard InChI is InChI=1S/C23H26FN5O2S/c1-5-19(22(31)26-16-11-14(2)10-15(3)12-16)32-23-28-27-20(29(23)4)13-25-21(30)17-8-6-7-9-18(17)24/h6-12,19H,5,13H2,1-4H3,(H,25,30)(H,26,31)/t19-/m1/s1. The Morgan fingerprint density at radius 3 is 2.47 bits per heavy atom. The fourth-order valence-corrected chi connectivity index (χ4v) is 4.16. The maximum absolute atomic E-state index is 13.8. The molecule has 32 heavy (non-hydrogen) atoms. The van der Waals surface area contributed by atoms with Crippen LogP contribution < -0.4 is 10.6 Å². The third kappa shape index (κ3) is 5.73. The van der Waals surface area contributed by atoms with E-state index in [1.807, 2.05) is 39.0 Å². The molecule has 1 aromatic heterocycles. The summed E-state index contributed by atoms with van der Waals surface area (Å²) in [6, 6.07) is 11.7. The molecule has 0 aliphatic heterocycles. The van der Waals surface area contributed by atoms with E-state index in [2.05, 4.69) is 20.8 Å². The molecule has 2 N–H and O–H groups in total. The Labute approximate surface area is 190 Å². The first kappa shape index (κ1) is 23.5. The predicted molar refractivity (Wildman–Crippen MR) is 123 cm³/mol. The number of aryl methyl sites for hydroxylation is 2. The van der Waals surface area contributed by atoms with Crippen molar-refractivity contribution in [2.75, 3.05) is 5.32 Å². The van der Waals surface area contributed by atoms with Crippen LogP contribution in [0.3, 0.4) is 0 Å². The zero-order valence-corrected chi connectivity index (χ0v) is 19.3. The Kier molecular flexibility index (Phi) is 7.63. The quantitative estimate of drug-likeness (QED) is 0.501. The maximum atomic E-state index is 13.8. The smallest absolute Gasteiger partial charge is 0.254 e. The Hall–Kier alpha value is -3.20. The van der Waals surface area contributed by atoms with Crippen molar-refractivity contribution in [2.45, 2.75) is 44.1 Å². The summed E-state index contributed by atoms with van der Waals surface area (Å²) in [5, 5.41) is 14.1. The van der Waals surface area contributed by atoms with Crippen LogP contribution in [0.5, 0.6) is 0 Å². The van der Waals surface area contributed by atoms with Gasteiger partial charge in [0.05, 0.1) is 17.4 Å². The van der Waals surface area contributed by atoms with E-state index in [4.69, 9.17) is 0 Å². The molecular weight excluding hydrogens is 429 g/mol. The normalized spacial score (nSPS) is 11.8. The Bertz CT molecular complexity index is 1110. The molecule has 3 aromatic rings. The van der Waals surface area contributed by atoms with Gasteiger partial charge in [0.25, 0.3) is 5.91 Å². The number of anilines is 1. The number of nitrogens with one attached hydrogen (secondary N) is 2. The summed E-state index contributed by atoms with van der Waals surface area (Å²) in [5.74, 6) is -0.721. The molecule has 0 radical (unpaired) electrons. The number of halogens is 1. The van der Waals surface area contributed by atoms with Gasteiger partial charge < -0.3 is 15.2 Å². The van der Waals surface area contributed by atoms with Crippen LogP contribution in [0.2, 0.25) is 0 Å². The average Bonchev–Trinajstić information content (AvgIpc) is 3.09. The fourth-order valence-electron chi connectivity index (χ4n) is 3.22. The molecular formula is C23H26FN5O2S. The average molecular weight is 456 g/mol.